The number of hydrogen-bond acceptors (Lipinski definition) is 4. The number of anilines is 1. The largest absolute Gasteiger partial charge is 0.324 e. The number of rotatable bonds is 4. The molecule has 0 saturated carbocycles. The van der Waals surface area contributed by atoms with Gasteiger partial charge < -0.3 is 5.32 Å². The molecular formula is C19H14ClFN2O2S2. The fraction of sp³-hybridized carbons (Fsp3) is 0.105. The highest BCUT2D eigenvalue weighted by Crippen LogP contribution is 2.34. The van der Waals surface area contributed by atoms with Gasteiger partial charge in [-0.3, -0.25) is 14.5 Å². The fourth-order valence-electron chi connectivity index (χ4n) is 2.42. The number of hydrogen-bond donors (Lipinski definition) is 1. The summed E-state index contributed by atoms with van der Waals surface area (Å²) in [6.45, 7) is 1.61. The van der Waals surface area contributed by atoms with E-state index in [-0.39, 0.29) is 17.6 Å². The van der Waals surface area contributed by atoms with Crippen LogP contribution in [0, 0.1) is 5.82 Å². The first-order valence-electron chi connectivity index (χ1n) is 7.94. The number of nitrogens with zero attached hydrogens (tertiary/aromatic N) is 1. The molecule has 1 N–H and O–H groups in total. The average molecular weight is 421 g/mol. The van der Waals surface area contributed by atoms with Crippen molar-refractivity contribution in [1.82, 2.24) is 4.90 Å². The number of benzene rings is 2. The van der Waals surface area contributed by atoms with Gasteiger partial charge in [0.05, 0.1) is 4.91 Å². The molecule has 138 valence electrons. The van der Waals surface area contributed by atoms with Crippen molar-refractivity contribution in [2.45, 2.75) is 13.0 Å². The van der Waals surface area contributed by atoms with E-state index in [0.717, 1.165) is 11.8 Å². The summed E-state index contributed by atoms with van der Waals surface area (Å²) in [5, 5.41) is 3.30. The van der Waals surface area contributed by atoms with Crippen LogP contribution in [0.25, 0.3) is 6.08 Å². The quantitative estimate of drug-likeness (QED) is 0.575. The third-order valence-electron chi connectivity index (χ3n) is 3.87. The Labute approximate surface area is 170 Å². The Morgan fingerprint density at radius 2 is 1.85 bits per heavy atom. The van der Waals surface area contributed by atoms with E-state index in [1.165, 1.54) is 17.0 Å². The summed E-state index contributed by atoms with van der Waals surface area (Å²) >= 11 is 12.2. The predicted octanol–water partition coefficient (Wildman–Crippen LogP) is 4.71. The Balaban J connectivity index is 1.74. The molecule has 0 aliphatic carbocycles. The van der Waals surface area contributed by atoms with Crippen molar-refractivity contribution in [3.8, 4) is 0 Å². The molecule has 1 aliphatic rings. The molecule has 3 rings (SSSR count). The molecule has 2 aromatic rings. The number of amides is 2. The van der Waals surface area contributed by atoms with Crippen molar-refractivity contribution in [3.05, 3.63) is 69.8 Å². The van der Waals surface area contributed by atoms with Gasteiger partial charge in [-0.25, -0.2) is 4.39 Å². The molecule has 0 bridgehead atoms. The normalized spacial score (nSPS) is 16.7. The van der Waals surface area contributed by atoms with Crippen molar-refractivity contribution >= 4 is 63.5 Å². The second-order valence-electron chi connectivity index (χ2n) is 5.78. The molecule has 1 atom stereocenters. The monoisotopic (exact) mass is 420 g/mol. The summed E-state index contributed by atoms with van der Waals surface area (Å²) in [4.78, 5) is 26.9. The van der Waals surface area contributed by atoms with E-state index < -0.39 is 6.04 Å². The van der Waals surface area contributed by atoms with Gasteiger partial charge in [0.1, 0.15) is 16.2 Å². The van der Waals surface area contributed by atoms with Gasteiger partial charge in [0, 0.05) is 10.7 Å². The van der Waals surface area contributed by atoms with Crippen molar-refractivity contribution in [1.29, 1.82) is 0 Å². The Kier molecular flexibility index (Phi) is 5.94. The zero-order valence-corrected chi connectivity index (χ0v) is 16.5. The van der Waals surface area contributed by atoms with Crippen molar-refractivity contribution < 1.29 is 14.0 Å². The number of thioether (sulfide) groups is 1. The molecule has 8 heteroatoms. The minimum Gasteiger partial charge on any atom is -0.324 e. The van der Waals surface area contributed by atoms with Crippen molar-refractivity contribution in [2.24, 2.45) is 0 Å². The van der Waals surface area contributed by atoms with Crippen LogP contribution in [-0.2, 0) is 9.59 Å². The molecule has 1 saturated heterocycles. The highest BCUT2D eigenvalue weighted by Gasteiger charge is 2.38. The van der Waals surface area contributed by atoms with Gasteiger partial charge in [0.2, 0.25) is 5.91 Å². The van der Waals surface area contributed by atoms with Gasteiger partial charge in [0.15, 0.2) is 0 Å². The number of carbonyl (C=O) groups excluding carboxylic acids is 2. The van der Waals surface area contributed by atoms with E-state index in [4.69, 9.17) is 23.8 Å². The van der Waals surface area contributed by atoms with Crippen LogP contribution < -0.4 is 5.32 Å². The van der Waals surface area contributed by atoms with Crippen LogP contribution in [0.3, 0.4) is 0 Å². The van der Waals surface area contributed by atoms with Crippen LogP contribution >= 0.6 is 35.6 Å². The lowest BCUT2D eigenvalue weighted by atomic mass is 10.2. The number of halogens is 2. The van der Waals surface area contributed by atoms with Crippen LogP contribution in [0.1, 0.15) is 12.5 Å². The van der Waals surface area contributed by atoms with Gasteiger partial charge in [0.25, 0.3) is 5.91 Å². The average Bonchev–Trinajstić information content (AvgIpc) is 2.91. The summed E-state index contributed by atoms with van der Waals surface area (Å²) in [6, 6.07) is 11.6. The van der Waals surface area contributed by atoms with Gasteiger partial charge >= 0.3 is 0 Å². The molecule has 1 heterocycles. The first kappa shape index (κ1) is 19.5. The van der Waals surface area contributed by atoms with E-state index >= 15 is 0 Å². The molecule has 4 nitrogen and oxygen atoms in total. The van der Waals surface area contributed by atoms with Crippen LogP contribution in [0.4, 0.5) is 10.1 Å². The minimum absolute atomic E-state index is 0.298. The molecule has 2 aromatic carbocycles. The van der Waals surface area contributed by atoms with E-state index in [9.17, 15) is 14.0 Å². The maximum Gasteiger partial charge on any atom is 0.266 e. The zero-order chi connectivity index (χ0) is 19.6. The zero-order valence-electron chi connectivity index (χ0n) is 14.1. The third-order valence-corrected chi connectivity index (χ3v) is 5.45. The second kappa shape index (κ2) is 8.21. The van der Waals surface area contributed by atoms with Crippen molar-refractivity contribution in [3.63, 3.8) is 0 Å². The van der Waals surface area contributed by atoms with Gasteiger partial charge in [-0.05, 0) is 55.0 Å². The molecular weight excluding hydrogens is 407 g/mol. The standard InChI is InChI=1S/C19H14ClFN2O2S2/c1-11(17(24)22-15-8-4-13(20)5-9-15)23-18(25)16(27-19(23)26)10-12-2-6-14(21)7-3-12/h2-11H,1H3,(H,22,24)/b16-10-. The summed E-state index contributed by atoms with van der Waals surface area (Å²) < 4.78 is 13.3. The first-order chi connectivity index (χ1) is 12.8. The fourth-order valence-corrected chi connectivity index (χ4v) is 3.97. The van der Waals surface area contributed by atoms with E-state index in [2.05, 4.69) is 5.32 Å². The topological polar surface area (TPSA) is 49.4 Å². The smallest absolute Gasteiger partial charge is 0.266 e. The Morgan fingerprint density at radius 3 is 2.48 bits per heavy atom. The van der Waals surface area contributed by atoms with Crippen LogP contribution in [0.5, 0.6) is 0 Å². The molecule has 27 heavy (non-hydrogen) atoms. The molecule has 1 fully saturated rings. The summed E-state index contributed by atoms with van der Waals surface area (Å²) in [5.41, 5.74) is 1.25. The van der Waals surface area contributed by atoms with Crippen LogP contribution in [-0.4, -0.2) is 27.1 Å². The maximum atomic E-state index is 13.0. The molecule has 0 spiro atoms. The van der Waals surface area contributed by atoms with Gasteiger partial charge in [-0.15, -0.1) is 0 Å². The Bertz CT molecular complexity index is 930. The Hall–Kier alpha value is -2.22. The molecule has 1 unspecified atom stereocenters. The summed E-state index contributed by atoms with van der Waals surface area (Å²) in [5.74, 6) is -1.07. The van der Waals surface area contributed by atoms with E-state index in [1.807, 2.05) is 0 Å². The first-order valence-corrected chi connectivity index (χ1v) is 9.54. The summed E-state index contributed by atoms with van der Waals surface area (Å²) in [6.07, 6.45) is 1.63. The molecule has 0 aromatic heterocycles. The minimum atomic E-state index is -0.785. The van der Waals surface area contributed by atoms with E-state index in [1.54, 1.807) is 49.4 Å². The SMILES string of the molecule is CC(C(=O)Nc1ccc(Cl)cc1)N1C(=O)/C(=C/c2ccc(F)cc2)SC1=S. The lowest BCUT2D eigenvalue weighted by Gasteiger charge is -2.22. The van der Waals surface area contributed by atoms with Crippen LogP contribution in [0.2, 0.25) is 5.02 Å². The van der Waals surface area contributed by atoms with Gasteiger partial charge in [-0.2, -0.15) is 0 Å². The lowest BCUT2D eigenvalue weighted by Crippen LogP contribution is -2.44. The highest BCUT2D eigenvalue weighted by molar-refractivity contribution is 8.26. The van der Waals surface area contributed by atoms with E-state index in [0.29, 0.717) is 25.5 Å². The number of carbonyl (C=O) groups is 2. The highest BCUT2D eigenvalue weighted by atomic mass is 35.5. The molecule has 1 aliphatic heterocycles. The number of nitrogens with one attached hydrogen (secondary N) is 1. The second-order valence-corrected chi connectivity index (χ2v) is 7.89. The lowest BCUT2D eigenvalue weighted by molar-refractivity contribution is -0.129. The molecule has 2 amide bonds. The predicted molar refractivity (Wildman–Crippen MR) is 111 cm³/mol. The Morgan fingerprint density at radius 1 is 1.22 bits per heavy atom. The summed E-state index contributed by atoms with van der Waals surface area (Å²) in [7, 11) is 0. The molecule has 0 radical (unpaired) electrons. The van der Waals surface area contributed by atoms with Crippen molar-refractivity contribution in [2.75, 3.05) is 5.32 Å². The maximum absolute atomic E-state index is 13.0. The van der Waals surface area contributed by atoms with Crippen LogP contribution in [0.15, 0.2) is 53.4 Å². The number of thiocarbonyl (C=S) groups is 1. The third kappa shape index (κ3) is 4.55. The van der Waals surface area contributed by atoms with Gasteiger partial charge in [-0.1, -0.05) is 47.7 Å².